The number of hydrogen-bond donors (Lipinski definition) is 0. The highest BCUT2D eigenvalue weighted by Crippen LogP contribution is 2.38. The molecule has 126 valence electrons. The van der Waals surface area contributed by atoms with E-state index in [9.17, 15) is 4.79 Å². The maximum absolute atomic E-state index is 12.6. The zero-order valence-corrected chi connectivity index (χ0v) is 16.0. The van der Waals surface area contributed by atoms with E-state index in [-0.39, 0.29) is 5.12 Å². The van der Waals surface area contributed by atoms with Gasteiger partial charge in [-0.3, -0.25) is 4.79 Å². The van der Waals surface area contributed by atoms with Gasteiger partial charge >= 0.3 is 0 Å². The lowest BCUT2D eigenvalue weighted by molar-refractivity contribution is 0.108. The summed E-state index contributed by atoms with van der Waals surface area (Å²) in [6, 6.07) is 29.0. The molecular formula is C22H21OPS. The summed E-state index contributed by atoms with van der Waals surface area (Å²) in [5, 5.41) is 2.78. The lowest BCUT2D eigenvalue weighted by atomic mass is 10.1. The fraction of sp³-hybridized carbons (Fsp3) is 0.136. The Kier molecular flexibility index (Phi) is 6.44. The summed E-state index contributed by atoms with van der Waals surface area (Å²) in [6.45, 7) is 2.12. The summed E-state index contributed by atoms with van der Waals surface area (Å²) in [4.78, 5) is 12.6. The molecule has 0 saturated heterocycles. The molecular weight excluding hydrogens is 343 g/mol. The van der Waals surface area contributed by atoms with E-state index in [1.165, 1.54) is 27.9 Å². The van der Waals surface area contributed by atoms with E-state index < -0.39 is 7.92 Å². The molecule has 0 heterocycles. The van der Waals surface area contributed by atoms with Crippen LogP contribution in [0.25, 0.3) is 0 Å². The Morgan fingerprint density at radius 2 is 1.32 bits per heavy atom. The maximum atomic E-state index is 12.6. The highest BCUT2D eigenvalue weighted by atomic mass is 32.2. The lowest BCUT2D eigenvalue weighted by Crippen LogP contribution is -2.13. The van der Waals surface area contributed by atoms with Crippen LogP contribution in [0.4, 0.5) is 0 Å². The third-order valence-electron chi connectivity index (χ3n) is 4.06. The van der Waals surface area contributed by atoms with Crippen molar-refractivity contribution in [3.8, 4) is 0 Å². The van der Waals surface area contributed by atoms with E-state index in [0.717, 1.165) is 17.5 Å². The summed E-state index contributed by atoms with van der Waals surface area (Å²) in [7, 11) is -0.541. The summed E-state index contributed by atoms with van der Waals surface area (Å²) < 4.78 is 0. The summed E-state index contributed by atoms with van der Waals surface area (Å²) in [5.74, 6) is 0. The van der Waals surface area contributed by atoms with Crippen molar-refractivity contribution in [2.45, 2.75) is 13.3 Å². The third kappa shape index (κ3) is 4.81. The number of rotatable bonds is 6. The topological polar surface area (TPSA) is 17.1 Å². The van der Waals surface area contributed by atoms with Crippen molar-refractivity contribution in [3.05, 3.63) is 96.1 Å². The van der Waals surface area contributed by atoms with E-state index >= 15 is 0 Å². The minimum atomic E-state index is -0.541. The molecule has 0 aromatic heterocycles. The van der Waals surface area contributed by atoms with Crippen LogP contribution in [0.3, 0.4) is 0 Å². The molecule has 0 aliphatic carbocycles. The highest BCUT2D eigenvalue weighted by molar-refractivity contribution is 8.18. The second kappa shape index (κ2) is 8.99. The monoisotopic (exact) mass is 364 g/mol. The molecule has 0 aliphatic rings. The van der Waals surface area contributed by atoms with Crippen molar-refractivity contribution in [1.82, 2.24) is 0 Å². The van der Waals surface area contributed by atoms with Gasteiger partial charge in [0.1, 0.15) is 0 Å². The van der Waals surface area contributed by atoms with Gasteiger partial charge in [-0.25, -0.2) is 0 Å². The quantitative estimate of drug-likeness (QED) is 0.558. The Morgan fingerprint density at radius 1 is 0.800 bits per heavy atom. The second-order valence-electron chi connectivity index (χ2n) is 5.71. The average molecular weight is 364 g/mol. The van der Waals surface area contributed by atoms with E-state index in [1.54, 1.807) is 0 Å². The first kappa shape index (κ1) is 17.9. The van der Waals surface area contributed by atoms with Crippen LogP contribution < -0.4 is 10.6 Å². The zero-order chi connectivity index (χ0) is 17.5. The van der Waals surface area contributed by atoms with E-state index in [0.29, 0.717) is 0 Å². The van der Waals surface area contributed by atoms with Gasteiger partial charge in [-0.15, -0.1) is 0 Å². The number of carbonyl (C=O) groups excluding carboxylic acids is 1. The van der Waals surface area contributed by atoms with E-state index in [2.05, 4.69) is 55.5 Å². The molecule has 0 bridgehead atoms. The first-order chi connectivity index (χ1) is 12.3. The maximum Gasteiger partial charge on any atom is 0.219 e. The number of benzene rings is 3. The van der Waals surface area contributed by atoms with Crippen molar-refractivity contribution in [2.24, 2.45) is 0 Å². The van der Waals surface area contributed by atoms with Crippen molar-refractivity contribution in [3.63, 3.8) is 0 Å². The zero-order valence-electron chi connectivity index (χ0n) is 14.3. The van der Waals surface area contributed by atoms with Crippen molar-refractivity contribution in [1.29, 1.82) is 0 Å². The Morgan fingerprint density at radius 3 is 1.80 bits per heavy atom. The Bertz CT molecular complexity index is 761. The Hall–Kier alpha value is -1.89. The van der Waals surface area contributed by atoms with Gasteiger partial charge in [-0.2, -0.15) is 0 Å². The van der Waals surface area contributed by atoms with Crippen LogP contribution in [0.15, 0.2) is 84.9 Å². The SMILES string of the molecule is CCc1ccc(C(=O)SCP(c2ccccc2)c2ccccc2)cc1. The van der Waals surface area contributed by atoms with Crippen LogP contribution in [-0.2, 0) is 6.42 Å². The smallest absolute Gasteiger partial charge is 0.219 e. The van der Waals surface area contributed by atoms with E-state index in [1.807, 2.05) is 36.4 Å². The number of hydrogen-bond acceptors (Lipinski definition) is 2. The first-order valence-electron chi connectivity index (χ1n) is 8.41. The van der Waals surface area contributed by atoms with Crippen LogP contribution in [0.1, 0.15) is 22.8 Å². The highest BCUT2D eigenvalue weighted by Gasteiger charge is 2.16. The molecule has 3 aromatic carbocycles. The van der Waals surface area contributed by atoms with Gasteiger partial charge < -0.3 is 0 Å². The lowest BCUT2D eigenvalue weighted by Gasteiger charge is -2.18. The molecule has 0 atom stereocenters. The predicted molar refractivity (Wildman–Crippen MR) is 112 cm³/mol. The molecule has 25 heavy (non-hydrogen) atoms. The predicted octanol–water partition coefficient (Wildman–Crippen LogP) is 5.21. The Labute approximate surface area is 155 Å². The van der Waals surface area contributed by atoms with Crippen LogP contribution in [0.2, 0.25) is 0 Å². The first-order valence-corrected chi connectivity index (χ1v) is 10.9. The normalized spacial score (nSPS) is 10.8. The molecule has 0 spiro atoms. The standard InChI is InChI=1S/C22H21OPS/c1-2-18-13-15-19(16-14-18)22(23)25-17-24(20-9-5-3-6-10-20)21-11-7-4-8-12-21/h3-16H,2,17H2,1H3. The molecule has 1 nitrogen and oxygen atoms in total. The second-order valence-corrected chi connectivity index (χ2v) is 9.29. The van der Waals surface area contributed by atoms with Gasteiger partial charge in [0.15, 0.2) is 0 Å². The number of aryl methyl sites for hydroxylation is 1. The molecule has 0 N–H and O–H groups in total. The summed E-state index contributed by atoms with van der Waals surface area (Å²) in [6.07, 6.45) is 0.995. The largest absolute Gasteiger partial charge is 0.282 e. The van der Waals surface area contributed by atoms with Crippen molar-refractivity contribution in [2.75, 3.05) is 5.49 Å². The minimum absolute atomic E-state index is 0.155. The van der Waals surface area contributed by atoms with Crippen molar-refractivity contribution >= 4 is 35.4 Å². The molecule has 0 radical (unpaired) electrons. The summed E-state index contributed by atoms with van der Waals surface area (Å²) >= 11 is 1.43. The number of carbonyl (C=O) groups is 1. The van der Waals surface area contributed by atoms with Gasteiger partial charge in [0.05, 0.1) is 0 Å². The van der Waals surface area contributed by atoms with Gasteiger partial charge in [0, 0.05) is 11.1 Å². The molecule has 0 saturated carbocycles. The fourth-order valence-corrected chi connectivity index (χ4v) is 6.44. The molecule has 0 amide bonds. The van der Waals surface area contributed by atoms with Crippen LogP contribution >= 0.6 is 19.7 Å². The van der Waals surface area contributed by atoms with Crippen LogP contribution in [0, 0.1) is 0 Å². The molecule has 0 unspecified atom stereocenters. The molecule has 3 rings (SSSR count). The van der Waals surface area contributed by atoms with Crippen molar-refractivity contribution < 1.29 is 4.79 Å². The fourth-order valence-electron chi connectivity index (χ4n) is 2.60. The van der Waals surface area contributed by atoms with E-state index in [4.69, 9.17) is 0 Å². The third-order valence-corrected chi connectivity index (χ3v) is 7.95. The average Bonchev–Trinajstić information content (AvgIpc) is 2.70. The summed E-state index contributed by atoms with van der Waals surface area (Å²) in [5.41, 5.74) is 2.85. The minimum Gasteiger partial charge on any atom is -0.282 e. The van der Waals surface area contributed by atoms with Gasteiger partial charge in [-0.05, 0) is 30.5 Å². The van der Waals surface area contributed by atoms with Gasteiger partial charge in [-0.1, -0.05) is 104 Å². The van der Waals surface area contributed by atoms with Gasteiger partial charge in [0.2, 0.25) is 5.12 Å². The van der Waals surface area contributed by atoms with Crippen LogP contribution in [0.5, 0.6) is 0 Å². The number of thioether (sulfide) groups is 1. The molecule has 3 heteroatoms. The van der Waals surface area contributed by atoms with Gasteiger partial charge in [0.25, 0.3) is 0 Å². The Balaban J connectivity index is 1.75. The molecule has 0 aliphatic heterocycles. The molecule has 3 aromatic rings. The molecule has 0 fully saturated rings. The van der Waals surface area contributed by atoms with Crippen LogP contribution in [-0.4, -0.2) is 10.6 Å².